The van der Waals surface area contributed by atoms with Gasteiger partial charge in [0.2, 0.25) is 5.88 Å². The number of methoxy groups -OCH3 is 1. The molecular formula is C12H18N2O. The summed E-state index contributed by atoms with van der Waals surface area (Å²) < 4.78 is 5.23. The molecule has 1 aliphatic carbocycles. The average Bonchev–Trinajstić information content (AvgIpc) is 2.81. The Balaban J connectivity index is 2.19. The van der Waals surface area contributed by atoms with Crippen molar-refractivity contribution in [3.05, 3.63) is 23.9 Å². The Bertz CT molecular complexity index is 321. The summed E-state index contributed by atoms with van der Waals surface area (Å²) in [5.41, 5.74) is 7.30. The van der Waals surface area contributed by atoms with E-state index in [1.54, 1.807) is 13.3 Å². The number of hydrogen-bond donors (Lipinski definition) is 1. The van der Waals surface area contributed by atoms with Gasteiger partial charge in [0, 0.05) is 17.8 Å². The normalized spacial score (nSPS) is 19.1. The van der Waals surface area contributed by atoms with E-state index in [4.69, 9.17) is 10.5 Å². The van der Waals surface area contributed by atoms with Gasteiger partial charge >= 0.3 is 0 Å². The minimum atomic E-state index is 0.0798. The molecule has 0 aliphatic heterocycles. The predicted molar refractivity (Wildman–Crippen MR) is 59.7 cm³/mol. The maximum atomic E-state index is 6.26. The van der Waals surface area contributed by atoms with Crippen LogP contribution in [-0.4, -0.2) is 12.1 Å². The second kappa shape index (κ2) is 4.62. The second-order valence-electron chi connectivity index (χ2n) is 4.17. The minimum Gasteiger partial charge on any atom is -0.481 e. The summed E-state index contributed by atoms with van der Waals surface area (Å²) in [6.07, 6.45) is 6.82. The molecule has 0 radical (unpaired) electrons. The van der Waals surface area contributed by atoms with Gasteiger partial charge in [-0.25, -0.2) is 4.98 Å². The SMILES string of the molecule is COc1ncccc1C(N)C1CCCC1. The van der Waals surface area contributed by atoms with Crippen LogP contribution in [0.2, 0.25) is 0 Å². The lowest BCUT2D eigenvalue weighted by Crippen LogP contribution is -2.20. The van der Waals surface area contributed by atoms with Gasteiger partial charge in [-0.1, -0.05) is 18.9 Å². The molecule has 1 atom stereocenters. The van der Waals surface area contributed by atoms with Gasteiger partial charge in [0.25, 0.3) is 0 Å². The van der Waals surface area contributed by atoms with E-state index < -0.39 is 0 Å². The third-order valence-electron chi connectivity index (χ3n) is 3.26. The average molecular weight is 206 g/mol. The van der Waals surface area contributed by atoms with Gasteiger partial charge in [0.05, 0.1) is 7.11 Å². The highest BCUT2D eigenvalue weighted by Crippen LogP contribution is 2.36. The number of ether oxygens (including phenoxy) is 1. The van der Waals surface area contributed by atoms with Crippen molar-refractivity contribution in [1.29, 1.82) is 0 Å². The number of aromatic nitrogens is 1. The van der Waals surface area contributed by atoms with Crippen LogP contribution < -0.4 is 10.5 Å². The van der Waals surface area contributed by atoms with Crippen LogP contribution in [0.15, 0.2) is 18.3 Å². The summed E-state index contributed by atoms with van der Waals surface area (Å²) in [5, 5.41) is 0. The van der Waals surface area contributed by atoms with Crippen LogP contribution in [0.1, 0.15) is 37.3 Å². The van der Waals surface area contributed by atoms with Crippen LogP contribution in [0.25, 0.3) is 0 Å². The van der Waals surface area contributed by atoms with Gasteiger partial charge in [0.15, 0.2) is 0 Å². The first-order chi connectivity index (χ1) is 7.33. The van der Waals surface area contributed by atoms with Crippen LogP contribution >= 0.6 is 0 Å². The van der Waals surface area contributed by atoms with Gasteiger partial charge < -0.3 is 10.5 Å². The van der Waals surface area contributed by atoms with Gasteiger partial charge in [-0.05, 0) is 24.8 Å². The van der Waals surface area contributed by atoms with Crippen molar-refractivity contribution in [2.45, 2.75) is 31.7 Å². The van der Waals surface area contributed by atoms with E-state index in [2.05, 4.69) is 4.98 Å². The molecule has 15 heavy (non-hydrogen) atoms. The lowest BCUT2D eigenvalue weighted by molar-refractivity contribution is 0.371. The highest BCUT2D eigenvalue weighted by Gasteiger charge is 2.25. The zero-order chi connectivity index (χ0) is 10.7. The monoisotopic (exact) mass is 206 g/mol. The Hall–Kier alpha value is -1.09. The fourth-order valence-electron chi connectivity index (χ4n) is 2.40. The molecule has 82 valence electrons. The number of pyridine rings is 1. The third-order valence-corrected chi connectivity index (χ3v) is 3.26. The van der Waals surface area contributed by atoms with E-state index in [1.165, 1.54) is 25.7 Å². The standard InChI is InChI=1S/C12H18N2O/c1-15-12-10(7-4-8-14-12)11(13)9-5-2-3-6-9/h4,7-9,11H,2-3,5-6,13H2,1H3. The number of rotatable bonds is 3. The highest BCUT2D eigenvalue weighted by molar-refractivity contribution is 5.29. The summed E-state index contributed by atoms with van der Waals surface area (Å²) in [6, 6.07) is 4.03. The zero-order valence-electron chi connectivity index (χ0n) is 9.15. The summed E-state index contributed by atoms with van der Waals surface area (Å²) in [4.78, 5) is 4.19. The molecule has 0 aromatic carbocycles. The maximum absolute atomic E-state index is 6.26. The van der Waals surface area contributed by atoms with Crippen LogP contribution in [0.5, 0.6) is 5.88 Å². The Morgan fingerprint density at radius 1 is 1.47 bits per heavy atom. The van der Waals surface area contributed by atoms with Crippen molar-refractivity contribution >= 4 is 0 Å². The van der Waals surface area contributed by atoms with Crippen LogP contribution in [-0.2, 0) is 0 Å². The molecule has 2 N–H and O–H groups in total. The zero-order valence-corrected chi connectivity index (χ0v) is 9.15. The minimum absolute atomic E-state index is 0.0798. The molecule has 0 saturated heterocycles. The maximum Gasteiger partial charge on any atom is 0.217 e. The van der Waals surface area contributed by atoms with Gasteiger partial charge in [-0.2, -0.15) is 0 Å². The predicted octanol–water partition coefficient (Wildman–Crippen LogP) is 2.28. The summed E-state index contributed by atoms with van der Waals surface area (Å²) in [6.45, 7) is 0. The summed E-state index contributed by atoms with van der Waals surface area (Å²) in [5.74, 6) is 1.28. The Morgan fingerprint density at radius 3 is 2.87 bits per heavy atom. The Kier molecular flexibility index (Phi) is 3.21. The number of hydrogen-bond acceptors (Lipinski definition) is 3. The molecular weight excluding hydrogens is 188 g/mol. The van der Waals surface area contributed by atoms with Crippen molar-refractivity contribution in [1.82, 2.24) is 4.98 Å². The smallest absolute Gasteiger partial charge is 0.217 e. The molecule has 1 fully saturated rings. The van der Waals surface area contributed by atoms with Crippen molar-refractivity contribution < 1.29 is 4.74 Å². The molecule has 2 rings (SSSR count). The molecule has 0 amide bonds. The fraction of sp³-hybridized carbons (Fsp3) is 0.583. The van der Waals surface area contributed by atoms with E-state index in [-0.39, 0.29) is 6.04 Å². The molecule has 1 aromatic rings. The molecule has 3 heteroatoms. The second-order valence-corrected chi connectivity index (χ2v) is 4.17. The topological polar surface area (TPSA) is 48.1 Å². The van der Waals surface area contributed by atoms with Gasteiger partial charge in [-0.3, -0.25) is 0 Å². The molecule has 1 saturated carbocycles. The molecule has 0 spiro atoms. The third kappa shape index (κ3) is 2.12. The van der Waals surface area contributed by atoms with E-state index in [1.807, 2.05) is 12.1 Å². The van der Waals surface area contributed by atoms with E-state index in [9.17, 15) is 0 Å². The van der Waals surface area contributed by atoms with E-state index in [0.29, 0.717) is 11.8 Å². The van der Waals surface area contributed by atoms with Gasteiger partial charge in [0.1, 0.15) is 0 Å². The Labute approximate surface area is 90.7 Å². The Morgan fingerprint density at radius 2 is 2.20 bits per heavy atom. The summed E-state index contributed by atoms with van der Waals surface area (Å²) in [7, 11) is 1.65. The first-order valence-corrected chi connectivity index (χ1v) is 5.57. The van der Waals surface area contributed by atoms with Crippen molar-refractivity contribution in [3.63, 3.8) is 0 Å². The largest absolute Gasteiger partial charge is 0.481 e. The van der Waals surface area contributed by atoms with Gasteiger partial charge in [-0.15, -0.1) is 0 Å². The van der Waals surface area contributed by atoms with Crippen LogP contribution in [0.3, 0.4) is 0 Å². The van der Waals surface area contributed by atoms with Crippen molar-refractivity contribution in [2.24, 2.45) is 11.7 Å². The molecule has 3 nitrogen and oxygen atoms in total. The number of nitrogens with zero attached hydrogens (tertiary/aromatic N) is 1. The highest BCUT2D eigenvalue weighted by atomic mass is 16.5. The molecule has 0 bridgehead atoms. The quantitative estimate of drug-likeness (QED) is 0.825. The molecule has 1 unspecified atom stereocenters. The lowest BCUT2D eigenvalue weighted by Gasteiger charge is -2.20. The van der Waals surface area contributed by atoms with E-state index in [0.717, 1.165) is 5.56 Å². The molecule has 1 heterocycles. The lowest BCUT2D eigenvalue weighted by atomic mass is 9.93. The van der Waals surface area contributed by atoms with Crippen molar-refractivity contribution in [2.75, 3.05) is 7.11 Å². The van der Waals surface area contributed by atoms with Crippen molar-refractivity contribution in [3.8, 4) is 5.88 Å². The first-order valence-electron chi connectivity index (χ1n) is 5.57. The van der Waals surface area contributed by atoms with Crippen LogP contribution in [0, 0.1) is 5.92 Å². The first kappa shape index (κ1) is 10.4. The van der Waals surface area contributed by atoms with Crippen LogP contribution in [0.4, 0.5) is 0 Å². The number of nitrogens with two attached hydrogens (primary N) is 1. The fourth-order valence-corrected chi connectivity index (χ4v) is 2.40. The molecule has 1 aromatic heterocycles. The van der Waals surface area contributed by atoms with E-state index >= 15 is 0 Å². The molecule has 1 aliphatic rings. The summed E-state index contributed by atoms with van der Waals surface area (Å²) >= 11 is 0.